The molecule has 2 aromatic carbocycles. The minimum atomic E-state index is -4.00. The average Bonchev–Trinajstić information content (AvgIpc) is 2.96. The molecule has 0 radical (unpaired) electrons. The molecule has 2 aliphatic rings. The van der Waals surface area contributed by atoms with Gasteiger partial charge in [-0.25, -0.2) is 12.8 Å². The van der Waals surface area contributed by atoms with E-state index in [1.807, 2.05) is 0 Å². The summed E-state index contributed by atoms with van der Waals surface area (Å²) in [6.07, 6.45) is 0. The molecule has 0 aliphatic carbocycles. The zero-order valence-corrected chi connectivity index (χ0v) is 15.3. The minimum Gasteiger partial charge on any atom is -0.347 e. The van der Waals surface area contributed by atoms with Crippen LogP contribution in [-0.2, 0) is 10.0 Å². The van der Waals surface area contributed by atoms with E-state index in [0.717, 1.165) is 16.4 Å². The molecule has 1 amide bonds. The molecule has 2 aromatic rings. The Hall–Kier alpha value is -2.58. The molecule has 1 fully saturated rings. The van der Waals surface area contributed by atoms with Crippen LogP contribution in [0.5, 0.6) is 0 Å². The highest BCUT2D eigenvalue weighted by Crippen LogP contribution is 2.39. The SMILES string of the molecule is C[C@]12CN(S(=O)(=O)c3cccc(F)c3)C[C@H]1NC(=O)c1ccccc1C2=O. The highest BCUT2D eigenvalue weighted by molar-refractivity contribution is 7.89. The number of amides is 1. The van der Waals surface area contributed by atoms with Gasteiger partial charge in [0.1, 0.15) is 5.82 Å². The van der Waals surface area contributed by atoms with Crippen molar-refractivity contribution in [2.75, 3.05) is 13.1 Å². The molecular formula is C19H17FN2O4S. The summed E-state index contributed by atoms with van der Waals surface area (Å²) < 4.78 is 40.5. The summed E-state index contributed by atoms with van der Waals surface area (Å²) in [6, 6.07) is 10.6. The Balaban J connectivity index is 1.75. The Labute approximate surface area is 156 Å². The molecule has 0 aromatic heterocycles. The zero-order valence-electron chi connectivity index (χ0n) is 14.5. The topological polar surface area (TPSA) is 83.6 Å². The zero-order chi connectivity index (χ0) is 19.4. The van der Waals surface area contributed by atoms with Crippen LogP contribution in [0.1, 0.15) is 27.6 Å². The number of nitrogens with zero attached hydrogens (tertiary/aromatic N) is 1. The van der Waals surface area contributed by atoms with E-state index in [2.05, 4.69) is 5.32 Å². The largest absolute Gasteiger partial charge is 0.347 e. The van der Waals surface area contributed by atoms with Crippen molar-refractivity contribution in [2.45, 2.75) is 17.9 Å². The summed E-state index contributed by atoms with van der Waals surface area (Å²) in [5.74, 6) is -1.34. The van der Waals surface area contributed by atoms with Gasteiger partial charge in [0.15, 0.2) is 5.78 Å². The van der Waals surface area contributed by atoms with Gasteiger partial charge in [-0.2, -0.15) is 4.31 Å². The number of hydrogen-bond acceptors (Lipinski definition) is 4. The molecule has 1 N–H and O–H groups in total. The van der Waals surface area contributed by atoms with Gasteiger partial charge < -0.3 is 5.32 Å². The first kappa shape index (κ1) is 17.8. The maximum absolute atomic E-state index is 13.5. The van der Waals surface area contributed by atoms with E-state index in [4.69, 9.17) is 0 Å². The van der Waals surface area contributed by atoms with Gasteiger partial charge in [0.25, 0.3) is 5.91 Å². The first-order chi connectivity index (χ1) is 12.7. The van der Waals surface area contributed by atoms with Gasteiger partial charge in [-0.15, -0.1) is 0 Å². The second kappa shape index (κ2) is 5.97. The summed E-state index contributed by atoms with van der Waals surface area (Å²) in [5.41, 5.74) is -0.537. The number of rotatable bonds is 2. The maximum Gasteiger partial charge on any atom is 0.252 e. The van der Waals surface area contributed by atoms with Crippen LogP contribution in [0, 0.1) is 11.2 Å². The highest BCUT2D eigenvalue weighted by Gasteiger charge is 2.54. The Bertz CT molecular complexity index is 1070. The third kappa shape index (κ3) is 2.67. The molecule has 0 bridgehead atoms. The molecule has 2 atom stereocenters. The van der Waals surface area contributed by atoms with E-state index in [0.29, 0.717) is 0 Å². The van der Waals surface area contributed by atoms with Crippen molar-refractivity contribution in [3.05, 3.63) is 65.5 Å². The van der Waals surface area contributed by atoms with E-state index < -0.39 is 33.2 Å². The number of Topliss-reactive ketones (excluding diaryl/α,β-unsaturated/α-hetero) is 1. The Kier molecular flexibility index (Phi) is 3.94. The minimum absolute atomic E-state index is 0.0547. The first-order valence-corrected chi connectivity index (χ1v) is 9.88. The fourth-order valence-electron chi connectivity index (χ4n) is 3.76. The van der Waals surface area contributed by atoms with Crippen LogP contribution in [0.3, 0.4) is 0 Å². The van der Waals surface area contributed by atoms with E-state index in [-0.39, 0.29) is 34.9 Å². The molecule has 4 rings (SSSR count). The number of sulfonamides is 1. The predicted molar refractivity (Wildman–Crippen MR) is 95.3 cm³/mol. The van der Waals surface area contributed by atoms with Gasteiger partial charge in [0.2, 0.25) is 10.0 Å². The number of carbonyl (C=O) groups is 2. The molecule has 1 saturated heterocycles. The van der Waals surface area contributed by atoms with Crippen molar-refractivity contribution in [3.63, 3.8) is 0 Å². The van der Waals surface area contributed by atoms with Gasteiger partial charge in [0.05, 0.1) is 21.9 Å². The van der Waals surface area contributed by atoms with Crippen molar-refractivity contribution < 1.29 is 22.4 Å². The number of fused-ring (bicyclic) bond motifs is 2. The predicted octanol–water partition coefficient (Wildman–Crippen LogP) is 1.83. The molecule has 0 spiro atoms. The van der Waals surface area contributed by atoms with Crippen LogP contribution in [0.2, 0.25) is 0 Å². The Morgan fingerprint density at radius 2 is 1.81 bits per heavy atom. The van der Waals surface area contributed by atoms with E-state index in [9.17, 15) is 22.4 Å². The molecule has 140 valence electrons. The summed E-state index contributed by atoms with van der Waals surface area (Å²) >= 11 is 0. The van der Waals surface area contributed by atoms with Crippen LogP contribution in [-0.4, -0.2) is 43.5 Å². The molecule has 27 heavy (non-hydrogen) atoms. The maximum atomic E-state index is 13.5. The normalized spacial score (nSPS) is 25.5. The van der Waals surface area contributed by atoms with E-state index in [1.54, 1.807) is 31.2 Å². The molecule has 0 unspecified atom stereocenters. The molecule has 2 aliphatic heterocycles. The van der Waals surface area contributed by atoms with Gasteiger partial charge in [0, 0.05) is 18.7 Å². The number of halogens is 1. The first-order valence-electron chi connectivity index (χ1n) is 8.44. The van der Waals surface area contributed by atoms with Gasteiger partial charge in [-0.3, -0.25) is 9.59 Å². The van der Waals surface area contributed by atoms with Gasteiger partial charge in [-0.05, 0) is 31.2 Å². The van der Waals surface area contributed by atoms with Crippen LogP contribution < -0.4 is 5.32 Å². The summed E-state index contributed by atoms with van der Waals surface area (Å²) in [5, 5.41) is 2.79. The lowest BCUT2D eigenvalue weighted by atomic mass is 9.78. The number of ketones is 1. The molecule has 8 heteroatoms. The van der Waals surface area contributed by atoms with Crippen molar-refractivity contribution in [2.24, 2.45) is 5.41 Å². The third-order valence-electron chi connectivity index (χ3n) is 5.33. The van der Waals surface area contributed by atoms with Crippen molar-refractivity contribution in [1.82, 2.24) is 9.62 Å². The van der Waals surface area contributed by atoms with Crippen LogP contribution >= 0.6 is 0 Å². The van der Waals surface area contributed by atoms with Crippen molar-refractivity contribution >= 4 is 21.7 Å². The highest BCUT2D eigenvalue weighted by atomic mass is 32.2. The van der Waals surface area contributed by atoms with Gasteiger partial charge >= 0.3 is 0 Å². The number of carbonyl (C=O) groups excluding carboxylic acids is 2. The summed E-state index contributed by atoms with van der Waals surface area (Å²) in [7, 11) is -4.00. The fourth-order valence-corrected chi connectivity index (χ4v) is 5.36. The van der Waals surface area contributed by atoms with Crippen molar-refractivity contribution in [3.8, 4) is 0 Å². The number of nitrogens with one attached hydrogen (secondary N) is 1. The van der Waals surface area contributed by atoms with Crippen LogP contribution in [0.4, 0.5) is 4.39 Å². The van der Waals surface area contributed by atoms with E-state index in [1.165, 1.54) is 12.1 Å². The molecule has 0 saturated carbocycles. The quantitative estimate of drug-likeness (QED) is 0.851. The lowest BCUT2D eigenvalue weighted by Gasteiger charge is -2.26. The molecule has 6 nitrogen and oxygen atoms in total. The van der Waals surface area contributed by atoms with Crippen LogP contribution in [0.15, 0.2) is 53.4 Å². The van der Waals surface area contributed by atoms with Crippen molar-refractivity contribution in [1.29, 1.82) is 0 Å². The Morgan fingerprint density at radius 1 is 1.11 bits per heavy atom. The second-order valence-electron chi connectivity index (χ2n) is 7.07. The van der Waals surface area contributed by atoms with Gasteiger partial charge in [-0.1, -0.05) is 24.3 Å². The monoisotopic (exact) mass is 388 g/mol. The van der Waals surface area contributed by atoms with Crippen LogP contribution in [0.25, 0.3) is 0 Å². The lowest BCUT2D eigenvalue weighted by Crippen LogP contribution is -2.47. The fraction of sp³-hybridized carbons (Fsp3) is 0.263. The second-order valence-corrected chi connectivity index (χ2v) is 9.01. The summed E-state index contributed by atoms with van der Waals surface area (Å²) in [4.78, 5) is 25.5. The summed E-state index contributed by atoms with van der Waals surface area (Å²) in [6.45, 7) is 1.51. The number of hydrogen-bond donors (Lipinski definition) is 1. The average molecular weight is 388 g/mol. The van der Waals surface area contributed by atoms with E-state index >= 15 is 0 Å². The standard InChI is InChI=1S/C19H17FN2O4S/c1-19-11-22(27(25,26)13-6-4-5-12(20)9-13)10-16(19)21-18(24)15-8-3-2-7-14(15)17(19)23/h2-9,16H,10-11H2,1H3,(H,21,24)/t16-,19+/m1/s1. The number of benzene rings is 2. The third-order valence-corrected chi connectivity index (χ3v) is 7.14. The molecule has 2 heterocycles. The lowest BCUT2D eigenvalue weighted by molar-refractivity contribution is 0.0796. The Morgan fingerprint density at radius 3 is 2.52 bits per heavy atom. The smallest absolute Gasteiger partial charge is 0.252 e. The molecular weight excluding hydrogens is 371 g/mol.